The normalized spacial score (nSPS) is 14.4. The number of carbonyl (C=O) groups is 1. The van der Waals surface area contributed by atoms with Crippen molar-refractivity contribution in [2.75, 3.05) is 16.2 Å². The number of halogens is 1. The third kappa shape index (κ3) is 3.60. The lowest BCUT2D eigenvalue weighted by Crippen LogP contribution is -2.23. The van der Waals surface area contributed by atoms with E-state index in [4.69, 9.17) is 16.9 Å². The fourth-order valence-corrected chi connectivity index (χ4v) is 3.82. The van der Waals surface area contributed by atoms with Gasteiger partial charge in [0.25, 0.3) is 10.0 Å². The summed E-state index contributed by atoms with van der Waals surface area (Å²) in [5.41, 5.74) is 1.12. The molecule has 0 aromatic heterocycles. The zero-order valence-electron chi connectivity index (χ0n) is 13.1. The predicted molar refractivity (Wildman–Crippen MR) is 95.0 cm³/mol. The lowest BCUT2D eigenvalue weighted by Gasteiger charge is -2.16. The van der Waals surface area contributed by atoms with Crippen LogP contribution in [0.3, 0.4) is 0 Å². The summed E-state index contributed by atoms with van der Waals surface area (Å²) < 4.78 is 27.4. The van der Waals surface area contributed by atoms with Gasteiger partial charge in [-0.2, -0.15) is 5.26 Å². The highest BCUT2D eigenvalue weighted by molar-refractivity contribution is 7.92. The third-order valence-corrected chi connectivity index (χ3v) is 5.60. The van der Waals surface area contributed by atoms with Crippen molar-refractivity contribution in [2.45, 2.75) is 17.7 Å². The topological polar surface area (TPSA) is 90.3 Å². The minimum atomic E-state index is -3.81. The van der Waals surface area contributed by atoms with Crippen molar-refractivity contribution in [1.82, 2.24) is 0 Å². The number of amides is 1. The first kappa shape index (κ1) is 17.3. The van der Waals surface area contributed by atoms with Crippen molar-refractivity contribution in [3.05, 3.63) is 53.1 Å². The van der Waals surface area contributed by atoms with Gasteiger partial charge in [0.15, 0.2) is 0 Å². The van der Waals surface area contributed by atoms with Crippen LogP contribution in [0, 0.1) is 11.3 Å². The van der Waals surface area contributed by atoms with E-state index < -0.39 is 10.0 Å². The summed E-state index contributed by atoms with van der Waals surface area (Å²) in [7, 11) is -3.81. The number of carbonyl (C=O) groups excluding carboxylic acids is 1. The van der Waals surface area contributed by atoms with Crippen LogP contribution in [0.25, 0.3) is 0 Å². The molecule has 0 atom stereocenters. The van der Waals surface area contributed by atoms with E-state index in [1.165, 1.54) is 30.3 Å². The fraction of sp³-hybridized carbons (Fsp3) is 0.176. The molecule has 0 bridgehead atoms. The monoisotopic (exact) mass is 375 g/mol. The van der Waals surface area contributed by atoms with Crippen LogP contribution in [0.4, 0.5) is 11.4 Å². The summed E-state index contributed by atoms with van der Waals surface area (Å²) in [4.78, 5) is 13.5. The standard InChI is InChI=1S/C17H14ClN3O3S/c18-16-8-3-13(10-12(16)11-19)20-25(23,24)15-6-4-14(5-7-15)21-9-1-2-17(21)22/h3-8,10,20H,1-2,9H2. The van der Waals surface area contributed by atoms with Crippen molar-refractivity contribution in [3.63, 3.8) is 0 Å². The average Bonchev–Trinajstić information content (AvgIpc) is 3.02. The molecule has 1 saturated heterocycles. The molecular formula is C17H14ClN3O3S. The summed E-state index contributed by atoms with van der Waals surface area (Å²) in [6.07, 6.45) is 1.32. The Kier molecular flexibility index (Phi) is 4.66. The molecule has 1 N–H and O–H groups in total. The molecule has 0 aliphatic carbocycles. The van der Waals surface area contributed by atoms with E-state index in [9.17, 15) is 13.2 Å². The van der Waals surface area contributed by atoms with Gasteiger partial charge in [-0.1, -0.05) is 11.6 Å². The highest BCUT2D eigenvalue weighted by atomic mass is 35.5. The van der Waals surface area contributed by atoms with E-state index in [1.807, 2.05) is 6.07 Å². The van der Waals surface area contributed by atoms with Crippen LogP contribution >= 0.6 is 11.6 Å². The van der Waals surface area contributed by atoms with E-state index in [-0.39, 0.29) is 27.1 Å². The van der Waals surface area contributed by atoms with E-state index in [2.05, 4.69) is 4.72 Å². The Morgan fingerprint density at radius 3 is 2.48 bits per heavy atom. The summed E-state index contributed by atoms with van der Waals surface area (Å²) >= 11 is 5.84. The molecule has 0 radical (unpaired) electrons. The van der Waals surface area contributed by atoms with E-state index in [0.717, 1.165) is 6.42 Å². The number of nitrogens with zero attached hydrogens (tertiary/aromatic N) is 2. The molecule has 1 aliphatic heterocycles. The molecule has 3 rings (SSSR count). The molecule has 1 fully saturated rings. The van der Waals surface area contributed by atoms with Gasteiger partial charge in [-0.25, -0.2) is 8.42 Å². The molecule has 1 amide bonds. The average molecular weight is 376 g/mol. The lowest BCUT2D eigenvalue weighted by atomic mass is 10.2. The Morgan fingerprint density at radius 2 is 1.88 bits per heavy atom. The first-order valence-corrected chi connectivity index (χ1v) is 9.40. The van der Waals surface area contributed by atoms with Gasteiger partial charge in [-0.15, -0.1) is 0 Å². The van der Waals surface area contributed by atoms with Crippen molar-refractivity contribution in [2.24, 2.45) is 0 Å². The van der Waals surface area contributed by atoms with Crippen LogP contribution < -0.4 is 9.62 Å². The molecule has 6 nitrogen and oxygen atoms in total. The van der Waals surface area contributed by atoms with Gasteiger partial charge in [-0.05, 0) is 48.9 Å². The number of nitriles is 1. The predicted octanol–water partition coefficient (Wildman–Crippen LogP) is 3.14. The molecular weight excluding hydrogens is 362 g/mol. The van der Waals surface area contributed by atoms with Crippen molar-refractivity contribution >= 4 is 38.9 Å². The minimum absolute atomic E-state index is 0.0407. The fourth-order valence-electron chi connectivity index (χ4n) is 2.61. The first-order valence-electron chi connectivity index (χ1n) is 7.53. The second-order valence-corrected chi connectivity index (χ2v) is 7.64. The zero-order valence-corrected chi connectivity index (χ0v) is 14.6. The molecule has 2 aromatic carbocycles. The molecule has 0 spiro atoms. The molecule has 0 saturated carbocycles. The number of hydrogen-bond donors (Lipinski definition) is 1. The lowest BCUT2D eigenvalue weighted by molar-refractivity contribution is -0.117. The second kappa shape index (κ2) is 6.75. The van der Waals surface area contributed by atoms with Crippen molar-refractivity contribution < 1.29 is 13.2 Å². The maximum Gasteiger partial charge on any atom is 0.261 e. The minimum Gasteiger partial charge on any atom is -0.312 e. The van der Waals surface area contributed by atoms with Gasteiger partial charge >= 0.3 is 0 Å². The molecule has 0 unspecified atom stereocenters. The molecule has 8 heteroatoms. The molecule has 1 aliphatic rings. The Balaban J connectivity index is 1.83. The van der Waals surface area contributed by atoms with Crippen LogP contribution in [0.1, 0.15) is 18.4 Å². The number of hydrogen-bond acceptors (Lipinski definition) is 4. The van der Waals surface area contributed by atoms with Crippen molar-refractivity contribution in [1.29, 1.82) is 5.26 Å². The molecule has 1 heterocycles. The number of anilines is 2. The second-order valence-electron chi connectivity index (χ2n) is 5.55. The first-order chi connectivity index (χ1) is 11.9. The van der Waals surface area contributed by atoms with E-state index in [1.54, 1.807) is 17.0 Å². The van der Waals surface area contributed by atoms with Crippen LogP contribution in [-0.4, -0.2) is 20.9 Å². The smallest absolute Gasteiger partial charge is 0.261 e. The molecule has 25 heavy (non-hydrogen) atoms. The summed E-state index contributed by atoms with van der Waals surface area (Å²) in [6.45, 7) is 0.644. The van der Waals surface area contributed by atoms with Gasteiger partial charge in [0.1, 0.15) is 6.07 Å². The quantitative estimate of drug-likeness (QED) is 0.888. The van der Waals surface area contributed by atoms with Crippen molar-refractivity contribution in [3.8, 4) is 6.07 Å². The summed E-state index contributed by atoms with van der Waals surface area (Å²) in [5, 5.41) is 9.22. The molecule has 128 valence electrons. The van der Waals surface area contributed by atoms with Gasteiger partial charge in [-0.3, -0.25) is 9.52 Å². The Morgan fingerprint density at radius 1 is 1.16 bits per heavy atom. The van der Waals surface area contributed by atoms with E-state index >= 15 is 0 Å². The van der Waals surface area contributed by atoms with Gasteiger partial charge in [0, 0.05) is 18.7 Å². The van der Waals surface area contributed by atoms with Gasteiger partial charge in [0.05, 0.1) is 21.2 Å². The highest BCUT2D eigenvalue weighted by Crippen LogP contribution is 2.25. The molecule has 2 aromatic rings. The zero-order chi connectivity index (χ0) is 18.0. The number of sulfonamides is 1. The Labute approximate surface area is 150 Å². The SMILES string of the molecule is N#Cc1cc(NS(=O)(=O)c2ccc(N3CCCC3=O)cc2)ccc1Cl. The maximum absolute atomic E-state index is 12.5. The number of nitrogens with one attached hydrogen (secondary N) is 1. The van der Waals surface area contributed by atoms with Gasteiger partial charge < -0.3 is 4.90 Å². The largest absolute Gasteiger partial charge is 0.312 e. The van der Waals surface area contributed by atoms with Crippen LogP contribution in [-0.2, 0) is 14.8 Å². The summed E-state index contributed by atoms with van der Waals surface area (Å²) in [6, 6.07) is 12.3. The Bertz CT molecular complexity index is 966. The number of benzene rings is 2. The van der Waals surface area contributed by atoms with Gasteiger partial charge in [0.2, 0.25) is 5.91 Å². The maximum atomic E-state index is 12.5. The van der Waals surface area contributed by atoms with Crippen LogP contribution in [0.15, 0.2) is 47.4 Å². The third-order valence-electron chi connectivity index (χ3n) is 3.87. The van der Waals surface area contributed by atoms with Crippen LogP contribution in [0.5, 0.6) is 0 Å². The van der Waals surface area contributed by atoms with Crippen LogP contribution in [0.2, 0.25) is 5.02 Å². The van der Waals surface area contributed by atoms with E-state index in [0.29, 0.717) is 18.7 Å². The number of rotatable bonds is 4. The Hall–Kier alpha value is -2.56. The highest BCUT2D eigenvalue weighted by Gasteiger charge is 2.22. The summed E-state index contributed by atoms with van der Waals surface area (Å²) in [5.74, 6) is 0.0407.